The van der Waals surface area contributed by atoms with Crippen molar-refractivity contribution in [2.45, 2.75) is 13.5 Å². The number of hydrogen-bond donors (Lipinski definition) is 1. The van der Waals surface area contributed by atoms with Crippen LogP contribution in [0.15, 0.2) is 29.6 Å². The normalized spacial score (nSPS) is 10.3. The number of halogens is 1. The first-order valence-electron chi connectivity index (χ1n) is 5.27. The van der Waals surface area contributed by atoms with E-state index in [0.717, 1.165) is 22.5 Å². The van der Waals surface area contributed by atoms with Crippen molar-refractivity contribution in [1.82, 2.24) is 0 Å². The Morgan fingerprint density at radius 3 is 2.78 bits per heavy atom. The minimum atomic E-state index is -0.416. The number of aryl methyl sites for hydroxylation is 1. The van der Waals surface area contributed by atoms with Crippen molar-refractivity contribution in [1.29, 1.82) is 0 Å². The van der Waals surface area contributed by atoms with E-state index in [1.807, 2.05) is 13.0 Å². The number of rotatable bonds is 4. The molecule has 1 aromatic carbocycles. The van der Waals surface area contributed by atoms with Crippen LogP contribution >= 0.6 is 11.3 Å². The van der Waals surface area contributed by atoms with Gasteiger partial charge >= 0.3 is 5.00 Å². The molecule has 4 nitrogen and oxygen atoms in total. The predicted octanol–water partition coefficient (Wildman–Crippen LogP) is 3.72. The second kappa shape index (κ2) is 5.14. The summed E-state index contributed by atoms with van der Waals surface area (Å²) in [5, 5.41) is 15.4. The molecule has 0 unspecified atom stereocenters. The van der Waals surface area contributed by atoms with Gasteiger partial charge in [-0.1, -0.05) is 11.3 Å². The summed E-state index contributed by atoms with van der Waals surface area (Å²) in [6, 6.07) is 6.18. The van der Waals surface area contributed by atoms with Crippen LogP contribution in [0.25, 0.3) is 0 Å². The monoisotopic (exact) mass is 266 g/mol. The van der Waals surface area contributed by atoms with Crippen LogP contribution in [0.3, 0.4) is 0 Å². The van der Waals surface area contributed by atoms with Gasteiger partial charge in [0.25, 0.3) is 0 Å². The lowest BCUT2D eigenvalue weighted by atomic mass is 10.2. The van der Waals surface area contributed by atoms with E-state index in [1.165, 1.54) is 18.2 Å². The van der Waals surface area contributed by atoms with Crippen LogP contribution in [-0.2, 0) is 6.54 Å². The molecule has 1 heterocycles. The molecule has 2 aromatic rings. The van der Waals surface area contributed by atoms with Gasteiger partial charge in [-0.2, -0.15) is 0 Å². The van der Waals surface area contributed by atoms with Crippen molar-refractivity contribution in [3.8, 4) is 0 Å². The summed E-state index contributed by atoms with van der Waals surface area (Å²) in [5.41, 5.74) is 2.31. The third-order valence-electron chi connectivity index (χ3n) is 2.36. The fourth-order valence-electron chi connectivity index (χ4n) is 1.59. The Hall–Kier alpha value is -1.95. The first kappa shape index (κ1) is 12.5. The van der Waals surface area contributed by atoms with Gasteiger partial charge in [0, 0.05) is 23.7 Å². The maximum absolute atomic E-state index is 13.1. The second-order valence-electron chi connectivity index (χ2n) is 3.92. The van der Waals surface area contributed by atoms with Crippen molar-refractivity contribution >= 4 is 22.0 Å². The fraction of sp³-hybridized carbons (Fsp3) is 0.167. The largest absolute Gasteiger partial charge is 0.381 e. The molecule has 0 atom stereocenters. The van der Waals surface area contributed by atoms with Crippen molar-refractivity contribution in [2.24, 2.45) is 0 Å². The van der Waals surface area contributed by atoms with Gasteiger partial charge in [0.2, 0.25) is 0 Å². The third-order valence-corrected chi connectivity index (χ3v) is 3.29. The van der Waals surface area contributed by atoms with Crippen molar-refractivity contribution in [2.75, 3.05) is 5.32 Å². The minimum absolute atomic E-state index is 0.113. The van der Waals surface area contributed by atoms with E-state index in [4.69, 9.17) is 0 Å². The molecule has 94 valence electrons. The minimum Gasteiger partial charge on any atom is -0.381 e. The summed E-state index contributed by atoms with van der Waals surface area (Å²) in [6.45, 7) is 2.25. The Labute approximate surface area is 107 Å². The summed E-state index contributed by atoms with van der Waals surface area (Å²) >= 11 is 1.09. The molecule has 1 N–H and O–H groups in total. The SMILES string of the molecule is Cc1cc(F)cc(NCc2csc([N+](=O)[O-])c2)c1. The quantitative estimate of drug-likeness (QED) is 0.678. The first-order chi connectivity index (χ1) is 8.54. The highest BCUT2D eigenvalue weighted by atomic mass is 32.1. The molecule has 0 bridgehead atoms. The fourth-order valence-corrected chi connectivity index (χ4v) is 2.32. The van der Waals surface area contributed by atoms with Gasteiger partial charge in [-0.05, 0) is 36.2 Å². The van der Waals surface area contributed by atoms with Gasteiger partial charge in [-0.15, -0.1) is 0 Å². The standard InChI is InChI=1S/C12H11FN2O2S/c1-8-2-10(13)5-11(3-8)14-6-9-4-12(15(16)17)18-7-9/h2-5,7,14H,6H2,1H3. The molecular weight excluding hydrogens is 255 g/mol. The molecule has 6 heteroatoms. The molecule has 0 saturated heterocycles. The van der Waals surface area contributed by atoms with E-state index in [0.29, 0.717) is 12.2 Å². The Morgan fingerprint density at radius 2 is 2.17 bits per heavy atom. The molecule has 0 spiro atoms. The predicted molar refractivity (Wildman–Crippen MR) is 69.4 cm³/mol. The van der Waals surface area contributed by atoms with Gasteiger partial charge < -0.3 is 5.32 Å². The van der Waals surface area contributed by atoms with Crippen LogP contribution in [-0.4, -0.2) is 4.92 Å². The highest BCUT2D eigenvalue weighted by Gasteiger charge is 2.09. The number of nitrogens with one attached hydrogen (secondary N) is 1. The van der Waals surface area contributed by atoms with Crippen molar-refractivity contribution in [3.63, 3.8) is 0 Å². The lowest BCUT2D eigenvalue weighted by Crippen LogP contribution is -1.99. The number of benzene rings is 1. The third kappa shape index (κ3) is 3.04. The molecule has 1 aromatic heterocycles. The smallest absolute Gasteiger partial charge is 0.324 e. The average Bonchev–Trinajstić information content (AvgIpc) is 2.73. The molecule has 0 radical (unpaired) electrons. The van der Waals surface area contributed by atoms with Crippen LogP contribution in [0.4, 0.5) is 15.1 Å². The van der Waals surface area contributed by atoms with Crippen LogP contribution < -0.4 is 5.32 Å². The molecule has 0 fully saturated rings. The number of hydrogen-bond acceptors (Lipinski definition) is 4. The number of thiophene rings is 1. The van der Waals surface area contributed by atoms with E-state index in [1.54, 1.807) is 5.38 Å². The molecular formula is C12H11FN2O2S. The van der Waals surface area contributed by atoms with E-state index in [-0.39, 0.29) is 10.8 Å². The van der Waals surface area contributed by atoms with Gasteiger partial charge in [0.1, 0.15) is 5.82 Å². The Kier molecular flexibility index (Phi) is 3.57. The lowest BCUT2D eigenvalue weighted by molar-refractivity contribution is -0.380. The van der Waals surface area contributed by atoms with Crippen LogP contribution in [0, 0.1) is 22.9 Å². The highest BCUT2D eigenvalue weighted by molar-refractivity contribution is 7.13. The zero-order valence-electron chi connectivity index (χ0n) is 9.64. The first-order valence-corrected chi connectivity index (χ1v) is 6.15. The Morgan fingerprint density at radius 1 is 1.39 bits per heavy atom. The van der Waals surface area contributed by atoms with Gasteiger partial charge in [-0.3, -0.25) is 10.1 Å². The molecule has 0 amide bonds. The summed E-state index contributed by atoms with van der Waals surface area (Å²) in [4.78, 5) is 10.1. The molecule has 2 rings (SSSR count). The number of nitro groups is 1. The molecule has 18 heavy (non-hydrogen) atoms. The maximum Gasteiger partial charge on any atom is 0.324 e. The molecule has 0 aliphatic heterocycles. The summed E-state index contributed by atoms with van der Waals surface area (Å²) < 4.78 is 13.1. The molecule has 0 saturated carbocycles. The zero-order valence-corrected chi connectivity index (χ0v) is 10.5. The maximum atomic E-state index is 13.1. The highest BCUT2D eigenvalue weighted by Crippen LogP contribution is 2.23. The van der Waals surface area contributed by atoms with Gasteiger partial charge in [0.05, 0.1) is 4.92 Å². The Balaban J connectivity index is 2.04. The van der Waals surface area contributed by atoms with Crippen molar-refractivity contribution in [3.05, 3.63) is 56.7 Å². The summed E-state index contributed by atoms with van der Waals surface area (Å²) in [7, 11) is 0. The van der Waals surface area contributed by atoms with Crippen LogP contribution in [0.2, 0.25) is 0 Å². The van der Waals surface area contributed by atoms with E-state index >= 15 is 0 Å². The van der Waals surface area contributed by atoms with Gasteiger partial charge in [-0.25, -0.2) is 4.39 Å². The summed E-state index contributed by atoms with van der Waals surface area (Å²) in [6.07, 6.45) is 0. The topological polar surface area (TPSA) is 55.2 Å². The van der Waals surface area contributed by atoms with E-state index < -0.39 is 4.92 Å². The number of anilines is 1. The van der Waals surface area contributed by atoms with Gasteiger partial charge in [0.15, 0.2) is 0 Å². The average molecular weight is 266 g/mol. The van der Waals surface area contributed by atoms with Crippen LogP contribution in [0.5, 0.6) is 0 Å². The van der Waals surface area contributed by atoms with E-state index in [9.17, 15) is 14.5 Å². The number of nitrogens with zero attached hydrogens (tertiary/aromatic N) is 1. The molecule has 0 aliphatic carbocycles. The summed E-state index contributed by atoms with van der Waals surface area (Å²) in [5.74, 6) is -0.297. The molecule has 0 aliphatic rings. The second-order valence-corrected chi connectivity index (χ2v) is 4.81. The Bertz CT molecular complexity index is 563. The zero-order chi connectivity index (χ0) is 13.1. The van der Waals surface area contributed by atoms with Crippen LogP contribution in [0.1, 0.15) is 11.1 Å². The van der Waals surface area contributed by atoms with Crippen molar-refractivity contribution < 1.29 is 9.31 Å². The van der Waals surface area contributed by atoms with E-state index in [2.05, 4.69) is 5.32 Å². The lowest BCUT2D eigenvalue weighted by Gasteiger charge is -2.06.